The van der Waals surface area contributed by atoms with Crippen LogP contribution >= 0.6 is 15.9 Å². The SMILES string of the molecule is NNc1cc(Cn2nc([N+](=O)[O-])nc2Br)ccc1[N+](=O)[O-]. The van der Waals surface area contributed by atoms with Crippen molar-refractivity contribution >= 4 is 33.3 Å². The van der Waals surface area contributed by atoms with Crippen LogP contribution < -0.4 is 11.3 Å². The van der Waals surface area contributed by atoms with Crippen molar-refractivity contribution in [3.05, 3.63) is 48.7 Å². The number of nitro groups is 2. The Bertz CT molecular complexity index is 716. The van der Waals surface area contributed by atoms with Crippen LogP contribution in [-0.4, -0.2) is 24.6 Å². The first-order valence-electron chi connectivity index (χ1n) is 5.41. The molecule has 1 aromatic carbocycles. The zero-order valence-corrected chi connectivity index (χ0v) is 11.8. The van der Waals surface area contributed by atoms with Crippen LogP contribution in [0.4, 0.5) is 17.3 Å². The average Bonchev–Trinajstić information content (AvgIpc) is 2.80. The highest BCUT2D eigenvalue weighted by Crippen LogP contribution is 2.25. The molecule has 0 bridgehead atoms. The first kappa shape index (κ1) is 14.8. The molecule has 1 heterocycles. The third-order valence-electron chi connectivity index (χ3n) is 2.52. The maximum absolute atomic E-state index is 10.8. The summed E-state index contributed by atoms with van der Waals surface area (Å²) in [6, 6.07) is 4.24. The van der Waals surface area contributed by atoms with E-state index in [0.717, 1.165) is 0 Å². The molecule has 0 radical (unpaired) electrons. The molecule has 2 rings (SSSR count). The van der Waals surface area contributed by atoms with Crippen LogP contribution in [0.5, 0.6) is 0 Å². The Kier molecular flexibility index (Phi) is 4.09. The Morgan fingerprint density at radius 2 is 2.05 bits per heavy atom. The van der Waals surface area contributed by atoms with Crippen molar-refractivity contribution in [1.82, 2.24) is 14.8 Å². The summed E-state index contributed by atoms with van der Waals surface area (Å²) < 4.78 is 1.43. The highest BCUT2D eigenvalue weighted by atomic mass is 79.9. The molecule has 0 aliphatic rings. The molecule has 1 aromatic heterocycles. The molecule has 0 atom stereocenters. The molecule has 3 N–H and O–H groups in total. The predicted molar refractivity (Wildman–Crippen MR) is 74.4 cm³/mol. The lowest BCUT2D eigenvalue weighted by Crippen LogP contribution is -2.10. The fraction of sp³-hybridized carbons (Fsp3) is 0.111. The zero-order chi connectivity index (χ0) is 15.6. The molecular formula is C9H8BrN7O4. The average molecular weight is 358 g/mol. The van der Waals surface area contributed by atoms with Gasteiger partial charge in [-0.1, -0.05) is 6.07 Å². The number of anilines is 1. The maximum atomic E-state index is 10.8. The molecule has 0 aliphatic heterocycles. The molecule has 2 aromatic rings. The number of aromatic nitrogens is 3. The maximum Gasteiger partial charge on any atom is 0.492 e. The Morgan fingerprint density at radius 3 is 2.57 bits per heavy atom. The predicted octanol–water partition coefficient (Wildman–Crippen LogP) is 1.19. The second-order valence-corrected chi connectivity index (χ2v) is 4.56. The highest BCUT2D eigenvalue weighted by molar-refractivity contribution is 9.10. The molecule has 0 amide bonds. The van der Waals surface area contributed by atoms with E-state index < -0.39 is 15.8 Å². The number of hydrazine groups is 1. The normalized spacial score (nSPS) is 10.4. The molecule has 0 spiro atoms. The third kappa shape index (κ3) is 3.11. The number of nitrogens with two attached hydrogens (primary N) is 1. The van der Waals surface area contributed by atoms with E-state index >= 15 is 0 Å². The van der Waals surface area contributed by atoms with Crippen LogP contribution in [0, 0.1) is 20.2 Å². The fourth-order valence-electron chi connectivity index (χ4n) is 1.62. The minimum absolute atomic E-state index is 0.128. The lowest BCUT2D eigenvalue weighted by molar-refractivity contribution is -0.394. The van der Waals surface area contributed by atoms with Gasteiger partial charge in [0.05, 0.1) is 11.5 Å². The first-order valence-corrected chi connectivity index (χ1v) is 6.20. The molecule has 21 heavy (non-hydrogen) atoms. The van der Waals surface area contributed by atoms with E-state index in [-0.39, 0.29) is 22.7 Å². The number of nitrogens with zero attached hydrogens (tertiary/aromatic N) is 5. The number of hydrogen-bond donors (Lipinski definition) is 2. The largest absolute Gasteiger partial charge is 0.492 e. The van der Waals surface area contributed by atoms with Crippen LogP contribution in [0.1, 0.15) is 5.56 Å². The molecule has 0 saturated carbocycles. The van der Waals surface area contributed by atoms with E-state index in [1.54, 1.807) is 0 Å². The molecule has 0 aliphatic carbocycles. The van der Waals surface area contributed by atoms with E-state index in [0.29, 0.717) is 5.56 Å². The summed E-state index contributed by atoms with van der Waals surface area (Å²) in [6.07, 6.45) is 0. The Morgan fingerprint density at radius 1 is 1.33 bits per heavy atom. The van der Waals surface area contributed by atoms with Gasteiger partial charge in [-0.2, -0.15) is 4.68 Å². The summed E-state index contributed by atoms with van der Waals surface area (Å²) in [6.45, 7) is 0.133. The zero-order valence-electron chi connectivity index (χ0n) is 10.3. The van der Waals surface area contributed by atoms with Gasteiger partial charge in [0, 0.05) is 27.1 Å². The smallest absolute Gasteiger partial charge is 0.390 e. The van der Waals surface area contributed by atoms with Gasteiger partial charge in [0.25, 0.3) is 10.4 Å². The van der Waals surface area contributed by atoms with Gasteiger partial charge < -0.3 is 15.5 Å². The molecule has 12 heteroatoms. The van der Waals surface area contributed by atoms with Gasteiger partial charge in [-0.25, -0.2) is 0 Å². The van der Waals surface area contributed by atoms with Crippen LogP contribution in [0.15, 0.2) is 22.9 Å². The van der Waals surface area contributed by atoms with Crippen molar-refractivity contribution < 1.29 is 9.85 Å². The van der Waals surface area contributed by atoms with Crippen LogP contribution in [0.3, 0.4) is 0 Å². The Labute approximate surface area is 125 Å². The fourth-order valence-corrected chi connectivity index (χ4v) is 1.98. The summed E-state index contributed by atoms with van der Waals surface area (Å²) in [5.41, 5.74) is 2.79. The Balaban J connectivity index is 2.32. The summed E-state index contributed by atoms with van der Waals surface area (Å²) in [7, 11) is 0. The monoisotopic (exact) mass is 357 g/mol. The van der Waals surface area contributed by atoms with Gasteiger partial charge in [0.1, 0.15) is 5.69 Å². The minimum atomic E-state index is -0.718. The van der Waals surface area contributed by atoms with Crippen molar-refractivity contribution in [2.75, 3.05) is 5.43 Å². The van der Waals surface area contributed by atoms with Crippen LogP contribution in [0.25, 0.3) is 0 Å². The third-order valence-corrected chi connectivity index (χ3v) is 3.11. The van der Waals surface area contributed by atoms with Crippen LogP contribution in [-0.2, 0) is 6.54 Å². The van der Waals surface area contributed by atoms with Crippen molar-refractivity contribution in [3.63, 3.8) is 0 Å². The topological polar surface area (TPSA) is 155 Å². The van der Waals surface area contributed by atoms with Crippen molar-refractivity contribution in [1.29, 1.82) is 0 Å². The highest BCUT2D eigenvalue weighted by Gasteiger charge is 2.20. The summed E-state index contributed by atoms with van der Waals surface area (Å²) in [5.74, 6) is 4.70. The number of halogens is 1. The molecule has 0 fully saturated rings. The van der Waals surface area contributed by atoms with Gasteiger partial charge in [0.2, 0.25) is 0 Å². The van der Waals surface area contributed by atoms with E-state index in [9.17, 15) is 20.2 Å². The molecular weight excluding hydrogens is 350 g/mol. The molecule has 0 saturated heterocycles. The first-order chi connectivity index (χ1) is 9.92. The number of rotatable bonds is 5. The summed E-state index contributed by atoms with van der Waals surface area (Å²) in [4.78, 5) is 23.7. The lowest BCUT2D eigenvalue weighted by atomic mass is 10.2. The molecule has 110 valence electrons. The quantitative estimate of drug-likeness (QED) is 0.459. The number of hydrogen-bond acceptors (Lipinski definition) is 8. The Hall–Kier alpha value is -2.60. The number of nitrogen functional groups attached to an aromatic ring is 1. The van der Waals surface area contributed by atoms with E-state index in [4.69, 9.17) is 5.84 Å². The van der Waals surface area contributed by atoms with Crippen molar-refractivity contribution in [2.45, 2.75) is 6.54 Å². The molecule has 0 unspecified atom stereocenters. The van der Waals surface area contributed by atoms with Gasteiger partial charge >= 0.3 is 5.95 Å². The number of nitrogens with one attached hydrogen (secondary N) is 1. The van der Waals surface area contributed by atoms with Crippen molar-refractivity contribution in [3.8, 4) is 0 Å². The van der Waals surface area contributed by atoms with E-state index in [1.165, 1.54) is 22.9 Å². The van der Waals surface area contributed by atoms with Gasteiger partial charge in [-0.05, 0) is 21.5 Å². The number of benzene rings is 1. The molecule has 11 nitrogen and oxygen atoms in total. The van der Waals surface area contributed by atoms with Gasteiger partial charge in [-0.3, -0.25) is 16.0 Å². The van der Waals surface area contributed by atoms with E-state index in [1.807, 2.05) is 0 Å². The van der Waals surface area contributed by atoms with Gasteiger partial charge in [-0.15, -0.1) is 0 Å². The van der Waals surface area contributed by atoms with E-state index in [2.05, 4.69) is 31.4 Å². The number of nitro benzene ring substituents is 1. The lowest BCUT2D eigenvalue weighted by Gasteiger charge is -2.05. The van der Waals surface area contributed by atoms with Gasteiger partial charge in [0.15, 0.2) is 0 Å². The minimum Gasteiger partial charge on any atom is -0.390 e. The second-order valence-electron chi connectivity index (χ2n) is 3.85. The second kappa shape index (κ2) is 5.80. The standard InChI is InChI=1S/C9H8BrN7O4/c10-8-12-9(17(20)21)14-15(8)4-5-1-2-7(16(18)19)6(3-5)13-11/h1-3,13H,4,11H2. The summed E-state index contributed by atoms with van der Waals surface area (Å²) in [5, 5.41) is 25.1. The van der Waals surface area contributed by atoms with Crippen LogP contribution in [0.2, 0.25) is 0 Å². The van der Waals surface area contributed by atoms with Crippen molar-refractivity contribution in [2.24, 2.45) is 5.84 Å². The summed E-state index contributed by atoms with van der Waals surface area (Å²) >= 11 is 3.05.